The molecule has 3 aliphatic rings. The maximum Gasteiger partial charge on any atom is 0.414 e. The van der Waals surface area contributed by atoms with Gasteiger partial charge >= 0.3 is 12.1 Å². The zero-order valence-corrected chi connectivity index (χ0v) is 19.8. The number of halogens is 3. The van der Waals surface area contributed by atoms with E-state index in [-0.39, 0.29) is 43.9 Å². The molecule has 13 heteroatoms. The van der Waals surface area contributed by atoms with E-state index in [0.717, 1.165) is 25.9 Å². The van der Waals surface area contributed by atoms with E-state index in [4.69, 9.17) is 9.57 Å². The molecular formula is C23H30F3N5O5. The highest BCUT2D eigenvalue weighted by Crippen LogP contribution is 2.29. The summed E-state index contributed by atoms with van der Waals surface area (Å²) in [6.07, 6.45) is -3.24. The Morgan fingerprint density at radius 3 is 2.67 bits per heavy atom. The van der Waals surface area contributed by atoms with E-state index < -0.39 is 36.6 Å². The molecule has 0 unspecified atom stereocenters. The summed E-state index contributed by atoms with van der Waals surface area (Å²) in [5.74, 6) is -1.77. The number of Topliss-reactive ketones (excluding diaryl/α,β-unsaturated/α-hetero) is 1. The van der Waals surface area contributed by atoms with Crippen LogP contribution in [0.15, 0.2) is 18.2 Å². The van der Waals surface area contributed by atoms with Crippen molar-refractivity contribution in [3.8, 4) is 0 Å². The zero-order chi connectivity index (χ0) is 25.7. The van der Waals surface area contributed by atoms with Crippen molar-refractivity contribution >= 4 is 29.3 Å². The maximum absolute atomic E-state index is 15.1. The predicted octanol–water partition coefficient (Wildman–Crippen LogP) is 2.28. The summed E-state index contributed by atoms with van der Waals surface area (Å²) in [5, 5.41) is 7.49. The quantitative estimate of drug-likeness (QED) is 0.577. The lowest BCUT2D eigenvalue weighted by Gasteiger charge is -2.27. The summed E-state index contributed by atoms with van der Waals surface area (Å²) in [5.41, 5.74) is 0.563. The second kappa shape index (κ2) is 11.8. The van der Waals surface area contributed by atoms with Crippen molar-refractivity contribution in [2.45, 2.75) is 44.3 Å². The molecular weight excluding hydrogens is 483 g/mol. The number of urea groups is 1. The molecule has 4 rings (SSSR count). The molecule has 10 nitrogen and oxygen atoms in total. The Kier molecular flexibility index (Phi) is 8.52. The molecule has 1 aromatic carbocycles. The largest absolute Gasteiger partial charge is 0.444 e. The number of nitrogens with zero attached hydrogens (tertiary/aromatic N) is 3. The number of anilines is 2. The zero-order valence-electron chi connectivity index (χ0n) is 19.8. The molecule has 1 atom stereocenters. The Balaban J connectivity index is 1.32. The molecule has 0 aliphatic carbocycles. The van der Waals surface area contributed by atoms with E-state index in [1.54, 1.807) is 11.0 Å². The smallest absolute Gasteiger partial charge is 0.414 e. The number of rotatable bonds is 7. The third-order valence-corrected chi connectivity index (χ3v) is 6.49. The molecule has 0 radical (unpaired) electrons. The van der Waals surface area contributed by atoms with Gasteiger partial charge in [0.15, 0.2) is 5.78 Å². The predicted molar refractivity (Wildman–Crippen MR) is 124 cm³/mol. The lowest BCUT2D eigenvalue weighted by atomic mass is 10.1. The van der Waals surface area contributed by atoms with Crippen LogP contribution in [0.25, 0.3) is 0 Å². The van der Waals surface area contributed by atoms with Crippen LogP contribution in [0.1, 0.15) is 25.7 Å². The van der Waals surface area contributed by atoms with Gasteiger partial charge in [-0.05, 0) is 50.6 Å². The van der Waals surface area contributed by atoms with Crippen molar-refractivity contribution in [3.05, 3.63) is 24.0 Å². The molecule has 1 aromatic rings. The third-order valence-electron chi connectivity index (χ3n) is 6.49. The van der Waals surface area contributed by atoms with Crippen molar-refractivity contribution in [3.63, 3.8) is 0 Å². The standard InChI is InChI=1S/C23H30F3N5O5/c24-18-13-16(30-14-17(36-23(30)34)2-4-20(32)21(25)26)1-3-19(18)29-9-10-31(35-12-11-29)22(33)28-15-5-7-27-8-6-15/h1,3,13,15,17,21,27H,2,4-12,14H2,(H,28,33)/t17-/m0/s1. The number of ether oxygens (including phenoxy) is 1. The Morgan fingerprint density at radius 1 is 1.17 bits per heavy atom. The number of hydroxylamine groups is 2. The average Bonchev–Trinajstić information content (AvgIpc) is 3.07. The summed E-state index contributed by atoms with van der Waals surface area (Å²) < 4.78 is 45.0. The van der Waals surface area contributed by atoms with Gasteiger partial charge in [-0.3, -0.25) is 14.5 Å². The number of nitrogens with one attached hydrogen (secondary N) is 2. The molecule has 0 spiro atoms. The van der Waals surface area contributed by atoms with Gasteiger partial charge in [-0.25, -0.2) is 27.8 Å². The number of hydrogen-bond acceptors (Lipinski definition) is 7. The first kappa shape index (κ1) is 26.0. The number of cyclic esters (lactones) is 1. The SMILES string of the molecule is O=C(CC[C@H]1CN(c2ccc(N3CCON(C(=O)NC4CCNCC4)CC3)c(F)c2)C(=O)O1)C(F)F. The van der Waals surface area contributed by atoms with Crippen LogP contribution in [0.4, 0.5) is 34.1 Å². The molecule has 3 aliphatic heterocycles. The topological polar surface area (TPSA) is 103 Å². The van der Waals surface area contributed by atoms with Crippen molar-refractivity contribution in [2.24, 2.45) is 0 Å². The van der Waals surface area contributed by atoms with E-state index in [9.17, 15) is 23.2 Å². The average molecular weight is 514 g/mol. The lowest BCUT2D eigenvalue weighted by Crippen LogP contribution is -2.49. The summed E-state index contributed by atoms with van der Waals surface area (Å²) in [4.78, 5) is 44.5. The molecule has 36 heavy (non-hydrogen) atoms. The molecule has 0 saturated carbocycles. The van der Waals surface area contributed by atoms with Crippen molar-refractivity contribution < 1.29 is 37.1 Å². The highest BCUT2D eigenvalue weighted by Gasteiger charge is 2.34. The van der Waals surface area contributed by atoms with E-state index >= 15 is 4.39 Å². The number of ketones is 1. The number of carbonyl (C=O) groups is 3. The molecule has 3 saturated heterocycles. The summed E-state index contributed by atoms with van der Waals surface area (Å²) in [7, 11) is 0. The first-order valence-electron chi connectivity index (χ1n) is 12.1. The normalized spacial score (nSPS) is 21.5. The molecule has 3 fully saturated rings. The van der Waals surface area contributed by atoms with Gasteiger partial charge in [0.2, 0.25) is 0 Å². The minimum Gasteiger partial charge on any atom is -0.444 e. The second-order valence-electron chi connectivity index (χ2n) is 8.95. The van der Waals surface area contributed by atoms with Crippen LogP contribution in [0, 0.1) is 5.82 Å². The van der Waals surface area contributed by atoms with Gasteiger partial charge in [0.1, 0.15) is 11.9 Å². The Bertz CT molecular complexity index is 962. The second-order valence-corrected chi connectivity index (χ2v) is 8.95. The molecule has 198 valence electrons. The van der Waals surface area contributed by atoms with Crippen LogP contribution in [-0.2, 0) is 14.4 Å². The van der Waals surface area contributed by atoms with E-state index in [1.165, 1.54) is 22.1 Å². The highest BCUT2D eigenvalue weighted by molar-refractivity contribution is 5.90. The van der Waals surface area contributed by atoms with Gasteiger partial charge in [-0.15, -0.1) is 0 Å². The van der Waals surface area contributed by atoms with Crippen molar-refractivity contribution in [1.29, 1.82) is 0 Å². The number of hydrogen-bond donors (Lipinski definition) is 2. The summed E-state index contributed by atoms with van der Waals surface area (Å²) >= 11 is 0. The third kappa shape index (κ3) is 6.38. The molecule has 2 N–H and O–H groups in total. The monoisotopic (exact) mass is 513 g/mol. The minimum absolute atomic E-state index is 0.0263. The van der Waals surface area contributed by atoms with Crippen LogP contribution in [0.5, 0.6) is 0 Å². The number of alkyl halides is 2. The first-order valence-corrected chi connectivity index (χ1v) is 12.1. The number of carbonyl (C=O) groups excluding carboxylic acids is 3. The van der Waals surface area contributed by atoms with Gasteiger partial charge < -0.3 is 20.3 Å². The molecule has 0 bridgehead atoms. The van der Waals surface area contributed by atoms with E-state index in [2.05, 4.69) is 10.6 Å². The molecule has 3 heterocycles. The van der Waals surface area contributed by atoms with Crippen LogP contribution in [-0.4, -0.2) is 87.4 Å². The minimum atomic E-state index is -3.06. The van der Waals surface area contributed by atoms with Crippen molar-refractivity contribution in [1.82, 2.24) is 15.7 Å². The fraction of sp³-hybridized carbons (Fsp3) is 0.609. The van der Waals surface area contributed by atoms with Gasteiger partial charge in [0.05, 0.1) is 31.1 Å². The van der Waals surface area contributed by atoms with Gasteiger partial charge in [-0.2, -0.15) is 0 Å². The molecule has 0 aromatic heterocycles. The fourth-order valence-corrected chi connectivity index (χ4v) is 4.48. The van der Waals surface area contributed by atoms with E-state index in [0.29, 0.717) is 18.8 Å². The van der Waals surface area contributed by atoms with E-state index in [1.807, 2.05) is 0 Å². The van der Waals surface area contributed by atoms with Crippen molar-refractivity contribution in [2.75, 3.05) is 55.7 Å². The Labute approximate surface area is 206 Å². The number of benzene rings is 1. The Morgan fingerprint density at radius 2 is 1.94 bits per heavy atom. The Hall–Kier alpha value is -3.06. The van der Waals surface area contributed by atoms with Crippen LogP contribution in [0.3, 0.4) is 0 Å². The van der Waals surface area contributed by atoms with Crippen LogP contribution < -0.4 is 20.4 Å². The van der Waals surface area contributed by atoms with Gasteiger partial charge in [-0.1, -0.05) is 0 Å². The highest BCUT2D eigenvalue weighted by atomic mass is 19.3. The number of piperidine rings is 1. The summed E-state index contributed by atoms with van der Waals surface area (Å²) in [6, 6.07) is 4.09. The van der Waals surface area contributed by atoms with Crippen LogP contribution in [0.2, 0.25) is 0 Å². The maximum atomic E-state index is 15.1. The lowest BCUT2D eigenvalue weighted by molar-refractivity contribution is -0.129. The van der Waals surface area contributed by atoms with Gasteiger partial charge in [0, 0.05) is 25.6 Å². The first-order chi connectivity index (χ1) is 17.3. The fourth-order valence-electron chi connectivity index (χ4n) is 4.48. The number of amides is 3. The van der Waals surface area contributed by atoms with Crippen LogP contribution >= 0.6 is 0 Å². The van der Waals surface area contributed by atoms with Gasteiger partial charge in [0.25, 0.3) is 6.43 Å². The summed E-state index contributed by atoms with van der Waals surface area (Å²) in [6.45, 7) is 2.88. The molecule has 3 amide bonds.